The number of para-hydroxylation sites is 2. The molecule has 0 aliphatic heterocycles. The van der Waals surface area contributed by atoms with Crippen LogP contribution < -0.4 is 9.47 Å². The van der Waals surface area contributed by atoms with E-state index in [1.807, 2.05) is 60.7 Å². The van der Waals surface area contributed by atoms with Gasteiger partial charge >= 0.3 is 0 Å². The first-order valence-electron chi connectivity index (χ1n) is 8.75. The van der Waals surface area contributed by atoms with Crippen molar-refractivity contribution in [2.75, 3.05) is 26.4 Å². The van der Waals surface area contributed by atoms with Gasteiger partial charge in [-0.05, 0) is 38.1 Å². The quantitative estimate of drug-likeness (QED) is 0.587. The molecule has 0 amide bonds. The zero-order chi connectivity index (χ0) is 19.5. The maximum Gasteiger partial charge on any atom is 0.120 e. The predicted octanol–water partition coefficient (Wildman–Crippen LogP) is 4.83. The molecule has 0 saturated heterocycles. The Labute approximate surface area is 160 Å². The Hall–Kier alpha value is -2.92. The number of rotatable bonds is 10. The van der Waals surface area contributed by atoms with Gasteiger partial charge in [0.05, 0.1) is 0 Å². The third kappa shape index (κ3) is 7.46. The molecule has 0 unspecified atom stereocenters. The summed E-state index contributed by atoms with van der Waals surface area (Å²) >= 11 is 0. The van der Waals surface area contributed by atoms with Crippen molar-refractivity contribution in [3.8, 4) is 11.5 Å². The molecule has 27 heavy (non-hydrogen) atoms. The Kier molecular flexibility index (Phi) is 8.26. The number of hydrogen-bond donors (Lipinski definition) is 2. The first-order chi connectivity index (χ1) is 13.1. The molecule has 2 aromatic rings. The molecule has 0 spiro atoms. The summed E-state index contributed by atoms with van der Waals surface area (Å²) in [5, 5.41) is 20.1. The standard InChI is InChI=1S/C22H26O5/c1-17(13-26-19-9-5-3-6-10-19)21(23)15-25-16-22(24)18(2)14-27-20-11-7-4-8-12-20/h3-12,23-24H,13-16H2,1-2H3. The highest BCUT2D eigenvalue weighted by Crippen LogP contribution is 2.13. The van der Waals surface area contributed by atoms with E-state index in [9.17, 15) is 10.2 Å². The molecule has 144 valence electrons. The lowest BCUT2D eigenvalue weighted by Gasteiger charge is -2.11. The second-order valence-corrected chi connectivity index (χ2v) is 6.15. The maximum absolute atomic E-state index is 10.1. The van der Waals surface area contributed by atoms with Crippen LogP contribution in [0.15, 0.2) is 83.3 Å². The summed E-state index contributed by atoms with van der Waals surface area (Å²) in [5.74, 6) is 1.66. The van der Waals surface area contributed by atoms with E-state index < -0.39 is 0 Å². The van der Waals surface area contributed by atoms with Crippen molar-refractivity contribution in [1.82, 2.24) is 0 Å². The van der Waals surface area contributed by atoms with Crippen LogP contribution in [-0.4, -0.2) is 36.6 Å². The number of aliphatic hydroxyl groups is 2. The van der Waals surface area contributed by atoms with Crippen molar-refractivity contribution in [3.05, 3.63) is 83.3 Å². The van der Waals surface area contributed by atoms with Crippen LogP contribution >= 0.6 is 0 Å². The summed E-state index contributed by atoms with van der Waals surface area (Å²) < 4.78 is 16.5. The van der Waals surface area contributed by atoms with Gasteiger partial charge in [-0.1, -0.05) is 36.4 Å². The molecule has 5 heteroatoms. The average molecular weight is 370 g/mol. The summed E-state index contributed by atoms with van der Waals surface area (Å²) in [6.07, 6.45) is 0. The maximum atomic E-state index is 10.1. The minimum atomic E-state index is 0.000859. The molecule has 0 fully saturated rings. The Morgan fingerprint density at radius 1 is 0.630 bits per heavy atom. The Balaban J connectivity index is 1.74. The van der Waals surface area contributed by atoms with E-state index in [-0.39, 0.29) is 37.9 Å². The zero-order valence-corrected chi connectivity index (χ0v) is 15.7. The van der Waals surface area contributed by atoms with E-state index in [4.69, 9.17) is 14.2 Å². The topological polar surface area (TPSA) is 68.2 Å². The number of hydrogen-bond acceptors (Lipinski definition) is 5. The molecule has 0 radical (unpaired) electrons. The Morgan fingerprint density at radius 3 is 1.37 bits per heavy atom. The summed E-state index contributed by atoms with van der Waals surface area (Å²) in [4.78, 5) is 0. The second kappa shape index (κ2) is 10.9. The van der Waals surface area contributed by atoms with Crippen molar-refractivity contribution < 1.29 is 24.4 Å². The molecule has 0 bridgehead atoms. The highest BCUT2D eigenvalue weighted by atomic mass is 16.5. The summed E-state index contributed by atoms with van der Waals surface area (Å²) in [7, 11) is 0. The molecular formula is C22H26O5. The minimum Gasteiger partial charge on any atom is -0.510 e. The molecule has 0 atom stereocenters. The van der Waals surface area contributed by atoms with Crippen molar-refractivity contribution in [3.63, 3.8) is 0 Å². The average Bonchev–Trinajstić information content (AvgIpc) is 2.71. The van der Waals surface area contributed by atoms with Gasteiger partial charge in [-0.3, -0.25) is 0 Å². The summed E-state index contributed by atoms with van der Waals surface area (Å²) in [6.45, 7) is 4.09. The van der Waals surface area contributed by atoms with Crippen LogP contribution in [-0.2, 0) is 4.74 Å². The SMILES string of the molecule is CC(COc1ccccc1)=C(O)COCC(O)=C(C)COc1ccccc1. The van der Waals surface area contributed by atoms with E-state index in [1.54, 1.807) is 13.8 Å². The van der Waals surface area contributed by atoms with E-state index >= 15 is 0 Å². The number of benzene rings is 2. The van der Waals surface area contributed by atoms with Crippen molar-refractivity contribution >= 4 is 0 Å². The van der Waals surface area contributed by atoms with Gasteiger partial charge in [-0.2, -0.15) is 0 Å². The van der Waals surface area contributed by atoms with Gasteiger partial charge in [-0.25, -0.2) is 0 Å². The van der Waals surface area contributed by atoms with E-state index in [1.165, 1.54) is 0 Å². The van der Waals surface area contributed by atoms with Crippen LogP contribution in [0.25, 0.3) is 0 Å². The largest absolute Gasteiger partial charge is 0.510 e. The Morgan fingerprint density at radius 2 is 1.00 bits per heavy atom. The van der Waals surface area contributed by atoms with Crippen molar-refractivity contribution in [2.24, 2.45) is 0 Å². The molecule has 2 rings (SSSR count). The van der Waals surface area contributed by atoms with Crippen LogP contribution in [0, 0.1) is 0 Å². The van der Waals surface area contributed by atoms with Crippen LogP contribution in [0.2, 0.25) is 0 Å². The first-order valence-corrected chi connectivity index (χ1v) is 8.75. The molecule has 0 saturated carbocycles. The lowest BCUT2D eigenvalue weighted by atomic mass is 10.2. The van der Waals surface area contributed by atoms with Gasteiger partial charge in [-0.15, -0.1) is 0 Å². The predicted molar refractivity (Wildman–Crippen MR) is 105 cm³/mol. The molecule has 0 aromatic heterocycles. The molecule has 0 aliphatic rings. The van der Waals surface area contributed by atoms with Crippen LogP contribution in [0.5, 0.6) is 11.5 Å². The second-order valence-electron chi connectivity index (χ2n) is 6.15. The van der Waals surface area contributed by atoms with Gasteiger partial charge in [0, 0.05) is 11.1 Å². The molecule has 0 aliphatic carbocycles. The van der Waals surface area contributed by atoms with Gasteiger partial charge in [0.1, 0.15) is 49.4 Å². The molecule has 2 aromatic carbocycles. The van der Waals surface area contributed by atoms with Gasteiger partial charge in [0.25, 0.3) is 0 Å². The van der Waals surface area contributed by atoms with E-state index in [2.05, 4.69) is 0 Å². The normalized spacial score (nSPS) is 12.8. The number of aliphatic hydroxyl groups excluding tert-OH is 2. The monoisotopic (exact) mass is 370 g/mol. The third-order valence-electron chi connectivity index (χ3n) is 3.86. The van der Waals surface area contributed by atoms with Gasteiger partial charge in [0.15, 0.2) is 0 Å². The first kappa shape index (κ1) is 20.4. The van der Waals surface area contributed by atoms with Crippen LogP contribution in [0.4, 0.5) is 0 Å². The fraction of sp³-hybridized carbons (Fsp3) is 0.273. The molecule has 2 N–H and O–H groups in total. The summed E-state index contributed by atoms with van der Waals surface area (Å²) in [6, 6.07) is 18.8. The van der Waals surface area contributed by atoms with Gasteiger partial charge < -0.3 is 24.4 Å². The highest BCUT2D eigenvalue weighted by molar-refractivity contribution is 5.23. The van der Waals surface area contributed by atoms with E-state index in [0.717, 1.165) is 11.5 Å². The molecule has 0 heterocycles. The third-order valence-corrected chi connectivity index (χ3v) is 3.86. The zero-order valence-electron chi connectivity index (χ0n) is 15.7. The fourth-order valence-electron chi connectivity index (χ4n) is 2.07. The van der Waals surface area contributed by atoms with Crippen LogP contribution in [0.3, 0.4) is 0 Å². The van der Waals surface area contributed by atoms with Gasteiger partial charge in [0.2, 0.25) is 0 Å². The molecule has 5 nitrogen and oxygen atoms in total. The lowest BCUT2D eigenvalue weighted by Crippen LogP contribution is -2.10. The van der Waals surface area contributed by atoms with Crippen LogP contribution in [0.1, 0.15) is 13.8 Å². The van der Waals surface area contributed by atoms with Crippen molar-refractivity contribution in [1.29, 1.82) is 0 Å². The van der Waals surface area contributed by atoms with Crippen molar-refractivity contribution in [2.45, 2.75) is 13.8 Å². The minimum absolute atomic E-state index is 0.000859. The summed E-state index contributed by atoms with van der Waals surface area (Å²) in [5.41, 5.74) is 1.35. The fourth-order valence-corrected chi connectivity index (χ4v) is 2.07. The smallest absolute Gasteiger partial charge is 0.120 e. The molecular weight excluding hydrogens is 344 g/mol. The Bertz CT molecular complexity index is 685. The lowest BCUT2D eigenvalue weighted by molar-refractivity contribution is 0.118. The highest BCUT2D eigenvalue weighted by Gasteiger charge is 2.06. The number of ether oxygens (including phenoxy) is 3. The van der Waals surface area contributed by atoms with E-state index in [0.29, 0.717) is 11.1 Å².